The molecule has 3 rings (SSSR count). The number of hydrogen-bond donors (Lipinski definition) is 1. The zero-order valence-corrected chi connectivity index (χ0v) is 16.7. The number of rotatable bonds is 7. The zero-order valence-electron chi connectivity index (χ0n) is 15.1. The summed E-state index contributed by atoms with van der Waals surface area (Å²) in [6.45, 7) is 3.27. The highest BCUT2D eigenvalue weighted by Crippen LogP contribution is 2.29. The van der Waals surface area contributed by atoms with Crippen LogP contribution in [-0.2, 0) is 24.2 Å². The fraction of sp³-hybridized carbons (Fsp3) is 0.562. The van der Waals surface area contributed by atoms with E-state index in [1.807, 2.05) is 21.0 Å². The molecule has 0 saturated carbocycles. The van der Waals surface area contributed by atoms with Crippen molar-refractivity contribution in [3.05, 3.63) is 26.7 Å². The van der Waals surface area contributed by atoms with Crippen LogP contribution in [0.1, 0.15) is 22.7 Å². The summed E-state index contributed by atoms with van der Waals surface area (Å²) in [7, 11) is 3.97. The lowest BCUT2D eigenvalue weighted by Crippen LogP contribution is -2.31. The van der Waals surface area contributed by atoms with E-state index in [-0.39, 0.29) is 17.3 Å². The first kappa shape index (κ1) is 19.0. The number of nitrogens with one attached hydrogen (secondary N) is 1. The molecule has 8 nitrogen and oxygen atoms in total. The Kier molecular flexibility index (Phi) is 6.05. The average molecular weight is 395 g/mol. The Morgan fingerprint density at radius 3 is 2.85 bits per heavy atom. The Bertz CT molecular complexity index is 861. The van der Waals surface area contributed by atoms with Crippen molar-refractivity contribution in [3.63, 3.8) is 0 Å². The van der Waals surface area contributed by atoms with E-state index in [1.165, 1.54) is 23.1 Å². The molecule has 140 valence electrons. The van der Waals surface area contributed by atoms with Gasteiger partial charge >= 0.3 is 5.69 Å². The van der Waals surface area contributed by atoms with Gasteiger partial charge in [0.25, 0.3) is 0 Å². The lowest BCUT2D eigenvalue weighted by molar-refractivity contribution is -0.113. The molecule has 0 aliphatic heterocycles. The van der Waals surface area contributed by atoms with E-state index in [4.69, 9.17) is 0 Å². The first-order chi connectivity index (χ1) is 12.4. The van der Waals surface area contributed by atoms with Crippen LogP contribution in [-0.4, -0.2) is 56.9 Å². The number of fused-ring (bicyclic) bond motifs is 1. The van der Waals surface area contributed by atoms with Crippen molar-refractivity contribution < 1.29 is 4.79 Å². The van der Waals surface area contributed by atoms with Crippen molar-refractivity contribution in [1.29, 1.82) is 0 Å². The molecule has 0 atom stereocenters. The summed E-state index contributed by atoms with van der Waals surface area (Å²) in [6.07, 6.45) is 2.82. The van der Waals surface area contributed by atoms with Gasteiger partial charge in [0.2, 0.25) is 11.0 Å². The molecule has 0 radical (unpaired) electrons. The summed E-state index contributed by atoms with van der Waals surface area (Å²) in [5.74, 6) is 0.0237. The summed E-state index contributed by atoms with van der Waals surface area (Å²) in [5, 5.41) is 12.5. The van der Waals surface area contributed by atoms with E-state index in [1.54, 1.807) is 4.57 Å². The first-order valence-corrected chi connectivity index (χ1v) is 10.2. The molecule has 1 N–H and O–H groups in total. The average Bonchev–Trinajstić information content (AvgIpc) is 3.21. The normalized spacial score (nSPS) is 13.2. The molecule has 0 unspecified atom stereocenters. The van der Waals surface area contributed by atoms with Crippen LogP contribution in [0.2, 0.25) is 0 Å². The molecular weight excluding hydrogens is 372 g/mol. The molecule has 0 bridgehead atoms. The molecule has 2 aromatic heterocycles. The Balaban J connectivity index is 1.70. The monoisotopic (exact) mass is 394 g/mol. The van der Waals surface area contributed by atoms with Gasteiger partial charge in [-0.1, -0.05) is 23.1 Å². The fourth-order valence-corrected chi connectivity index (χ4v) is 4.36. The largest absolute Gasteiger partial charge is 0.348 e. The number of aryl methyl sites for hydroxylation is 1. The lowest BCUT2D eigenvalue weighted by Gasteiger charge is -2.16. The number of likely N-dealkylation sites (N-methyl/N-ethyl adjacent to an activating group) is 1. The van der Waals surface area contributed by atoms with E-state index in [2.05, 4.69) is 25.4 Å². The SMILES string of the molecule is Cc1nnc(NC(=O)CSc2nc(=O)n(CCN(C)C)c3c2CCC3)s1. The summed E-state index contributed by atoms with van der Waals surface area (Å²) >= 11 is 2.65. The maximum Gasteiger partial charge on any atom is 0.348 e. The van der Waals surface area contributed by atoms with Gasteiger partial charge in [-0.3, -0.25) is 14.7 Å². The Morgan fingerprint density at radius 2 is 2.15 bits per heavy atom. The number of carbonyl (C=O) groups excluding carboxylic acids is 1. The van der Waals surface area contributed by atoms with Crippen molar-refractivity contribution in [2.45, 2.75) is 37.8 Å². The van der Waals surface area contributed by atoms with E-state index < -0.39 is 0 Å². The third kappa shape index (κ3) is 4.49. The van der Waals surface area contributed by atoms with Crippen molar-refractivity contribution in [1.82, 2.24) is 24.6 Å². The lowest BCUT2D eigenvalue weighted by atomic mass is 10.2. The van der Waals surface area contributed by atoms with Crippen LogP contribution in [0.15, 0.2) is 9.82 Å². The van der Waals surface area contributed by atoms with E-state index in [9.17, 15) is 9.59 Å². The third-order valence-corrected chi connectivity index (χ3v) is 5.86. The third-order valence-electron chi connectivity index (χ3n) is 4.08. The van der Waals surface area contributed by atoms with Crippen molar-refractivity contribution in [3.8, 4) is 0 Å². The summed E-state index contributed by atoms with van der Waals surface area (Å²) < 4.78 is 1.79. The first-order valence-electron chi connectivity index (χ1n) is 8.44. The van der Waals surface area contributed by atoms with Gasteiger partial charge in [0.15, 0.2) is 0 Å². The Morgan fingerprint density at radius 1 is 1.35 bits per heavy atom. The number of amides is 1. The predicted octanol–water partition coefficient (Wildman–Crippen LogP) is 1.18. The van der Waals surface area contributed by atoms with Crippen LogP contribution in [0.5, 0.6) is 0 Å². The van der Waals surface area contributed by atoms with Gasteiger partial charge in [-0.25, -0.2) is 4.79 Å². The second-order valence-corrected chi connectivity index (χ2v) is 8.54. The molecule has 0 aromatic carbocycles. The number of thioether (sulfide) groups is 1. The van der Waals surface area contributed by atoms with Gasteiger partial charge in [-0.2, -0.15) is 4.98 Å². The molecule has 0 fully saturated rings. The molecule has 2 heterocycles. The van der Waals surface area contributed by atoms with Gasteiger partial charge in [0.1, 0.15) is 10.0 Å². The summed E-state index contributed by atoms with van der Waals surface area (Å²) in [5.41, 5.74) is 1.97. The second-order valence-electron chi connectivity index (χ2n) is 6.40. The molecule has 0 spiro atoms. The number of aromatic nitrogens is 4. The van der Waals surface area contributed by atoms with Crippen LogP contribution in [0.25, 0.3) is 0 Å². The van der Waals surface area contributed by atoms with Crippen molar-refractivity contribution in [2.75, 3.05) is 31.7 Å². The molecule has 0 saturated heterocycles. The highest BCUT2D eigenvalue weighted by atomic mass is 32.2. The Hall–Kier alpha value is -1.78. The molecule has 1 aliphatic carbocycles. The van der Waals surface area contributed by atoms with Gasteiger partial charge in [-0.05, 0) is 40.3 Å². The van der Waals surface area contributed by atoms with Crippen molar-refractivity contribution in [2.24, 2.45) is 0 Å². The van der Waals surface area contributed by atoms with Gasteiger partial charge in [0.05, 0.1) is 5.75 Å². The highest BCUT2D eigenvalue weighted by molar-refractivity contribution is 8.00. The van der Waals surface area contributed by atoms with Gasteiger partial charge < -0.3 is 4.90 Å². The molecule has 2 aromatic rings. The number of carbonyl (C=O) groups is 1. The minimum absolute atomic E-state index is 0.170. The smallest absolute Gasteiger partial charge is 0.308 e. The summed E-state index contributed by atoms with van der Waals surface area (Å²) in [6, 6.07) is 0. The maximum atomic E-state index is 12.5. The minimum Gasteiger partial charge on any atom is -0.308 e. The van der Waals surface area contributed by atoms with E-state index in [0.717, 1.165) is 42.1 Å². The number of nitrogens with zero attached hydrogens (tertiary/aromatic N) is 5. The van der Waals surface area contributed by atoms with Crippen LogP contribution < -0.4 is 11.0 Å². The van der Waals surface area contributed by atoms with Crippen LogP contribution in [0.3, 0.4) is 0 Å². The van der Waals surface area contributed by atoms with Crippen LogP contribution >= 0.6 is 23.1 Å². The summed E-state index contributed by atoms with van der Waals surface area (Å²) in [4.78, 5) is 30.9. The molecule has 1 amide bonds. The van der Waals surface area contributed by atoms with E-state index in [0.29, 0.717) is 16.7 Å². The fourth-order valence-electron chi connectivity index (χ4n) is 2.87. The predicted molar refractivity (Wildman–Crippen MR) is 103 cm³/mol. The highest BCUT2D eigenvalue weighted by Gasteiger charge is 2.22. The number of anilines is 1. The standard InChI is InChI=1S/C16H22N6O2S2/c1-10-19-20-15(26-10)17-13(23)9-25-14-11-5-4-6-12(11)22(16(24)18-14)8-7-21(2)3/h4-9H2,1-3H3,(H,17,20,23). The quantitative estimate of drug-likeness (QED) is 0.557. The molecule has 10 heteroatoms. The molecular formula is C16H22N6O2S2. The Labute approximate surface area is 160 Å². The topological polar surface area (TPSA) is 93.0 Å². The van der Waals surface area contributed by atoms with Crippen LogP contribution in [0, 0.1) is 6.92 Å². The second kappa shape index (κ2) is 8.28. The molecule has 1 aliphatic rings. The maximum absolute atomic E-state index is 12.5. The van der Waals surface area contributed by atoms with Crippen molar-refractivity contribution >= 4 is 34.1 Å². The van der Waals surface area contributed by atoms with Gasteiger partial charge in [0, 0.05) is 24.3 Å². The van der Waals surface area contributed by atoms with Gasteiger partial charge in [-0.15, -0.1) is 10.2 Å². The van der Waals surface area contributed by atoms with Crippen LogP contribution in [0.4, 0.5) is 5.13 Å². The molecule has 26 heavy (non-hydrogen) atoms. The number of hydrogen-bond acceptors (Lipinski definition) is 8. The minimum atomic E-state index is -0.227. The zero-order chi connectivity index (χ0) is 18.7. The van der Waals surface area contributed by atoms with E-state index >= 15 is 0 Å².